The van der Waals surface area contributed by atoms with Gasteiger partial charge in [-0.25, -0.2) is 0 Å². The number of hydrogen-bond acceptors (Lipinski definition) is 3. The van der Waals surface area contributed by atoms with Crippen LogP contribution in [0.15, 0.2) is 47.5 Å². The van der Waals surface area contributed by atoms with E-state index in [1.54, 1.807) is 7.05 Å². The van der Waals surface area contributed by atoms with Crippen molar-refractivity contribution in [3.63, 3.8) is 0 Å². The Morgan fingerprint density at radius 2 is 1.88 bits per heavy atom. The first-order chi connectivity index (χ1) is 11.7. The molecular weight excluding hydrogens is 429 g/mol. The molecule has 3 rings (SSSR count). The maximum absolute atomic E-state index is 5.41. The van der Waals surface area contributed by atoms with Crippen molar-refractivity contribution in [3.05, 3.63) is 59.2 Å². The van der Waals surface area contributed by atoms with Crippen molar-refractivity contribution in [2.24, 2.45) is 4.99 Å². The van der Waals surface area contributed by atoms with Gasteiger partial charge in [0, 0.05) is 20.1 Å². The van der Waals surface area contributed by atoms with Crippen LogP contribution >= 0.6 is 24.0 Å². The lowest BCUT2D eigenvalue weighted by Gasteiger charge is -2.12. The van der Waals surface area contributed by atoms with E-state index in [4.69, 9.17) is 9.47 Å². The third-order valence-electron chi connectivity index (χ3n) is 3.91. The molecule has 0 spiro atoms. The average Bonchev–Trinajstić information content (AvgIpc) is 3.05. The van der Waals surface area contributed by atoms with Crippen LogP contribution in [0.4, 0.5) is 0 Å². The first-order valence-electron chi connectivity index (χ1n) is 8.13. The molecule has 2 aromatic carbocycles. The number of nitrogens with zero attached hydrogens (tertiary/aromatic N) is 1. The Balaban J connectivity index is 0.00000225. The number of benzene rings is 2. The van der Waals surface area contributed by atoms with Gasteiger partial charge in [0.05, 0.1) is 0 Å². The lowest BCUT2D eigenvalue weighted by molar-refractivity contribution is 0.174. The Kier molecular flexibility index (Phi) is 7.36. The van der Waals surface area contributed by atoms with E-state index < -0.39 is 0 Å². The molecule has 0 atom stereocenters. The molecule has 1 aliphatic rings. The highest BCUT2D eigenvalue weighted by Crippen LogP contribution is 2.32. The number of guanidine groups is 1. The fourth-order valence-corrected chi connectivity index (χ4v) is 2.65. The van der Waals surface area contributed by atoms with Gasteiger partial charge in [0.2, 0.25) is 6.79 Å². The van der Waals surface area contributed by atoms with Crippen LogP contribution in [0.2, 0.25) is 0 Å². The molecule has 1 aliphatic heterocycles. The van der Waals surface area contributed by atoms with Gasteiger partial charge < -0.3 is 20.1 Å². The second kappa shape index (κ2) is 9.50. The summed E-state index contributed by atoms with van der Waals surface area (Å²) in [7, 11) is 1.78. The van der Waals surface area contributed by atoms with E-state index in [0.717, 1.165) is 37.0 Å². The normalized spacial score (nSPS) is 12.5. The summed E-state index contributed by atoms with van der Waals surface area (Å²) in [5.74, 6) is 2.45. The molecule has 134 valence electrons. The van der Waals surface area contributed by atoms with Crippen molar-refractivity contribution >= 4 is 29.9 Å². The van der Waals surface area contributed by atoms with Gasteiger partial charge in [0.15, 0.2) is 17.5 Å². The zero-order valence-corrected chi connectivity index (χ0v) is 16.9. The summed E-state index contributed by atoms with van der Waals surface area (Å²) in [6, 6.07) is 14.5. The average molecular weight is 453 g/mol. The summed E-state index contributed by atoms with van der Waals surface area (Å²) < 4.78 is 10.7. The van der Waals surface area contributed by atoms with E-state index >= 15 is 0 Å². The van der Waals surface area contributed by atoms with E-state index in [9.17, 15) is 0 Å². The number of halogens is 1. The van der Waals surface area contributed by atoms with Crippen LogP contribution in [-0.2, 0) is 13.0 Å². The second-order valence-corrected chi connectivity index (χ2v) is 5.78. The Morgan fingerprint density at radius 3 is 2.68 bits per heavy atom. The minimum absolute atomic E-state index is 0. The highest BCUT2D eigenvalue weighted by molar-refractivity contribution is 14.0. The van der Waals surface area contributed by atoms with Gasteiger partial charge in [-0.3, -0.25) is 4.99 Å². The standard InChI is InChI=1S/C19H23N3O2.HI/c1-14-4-3-5-16(10-14)12-22-19(20-2)21-9-8-15-6-7-17-18(11-15)24-13-23-17;/h3-7,10-11H,8-9,12-13H2,1-2H3,(H2,20,21,22);1H. The van der Waals surface area contributed by atoms with E-state index in [2.05, 4.69) is 52.9 Å². The highest BCUT2D eigenvalue weighted by atomic mass is 127. The van der Waals surface area contributed by atoms with Gasteiger partial charge in [-0.1, -0.05) is 35.9 Å². The first kappa shape index (κ1) is 19.4. The zero-order valence-electron chi connectivity index (χ0n) is 14.5. The van der Waals surface area contributed by atoms with Crippen molar-refractivity contribution in [1.82, 2.24) is 10.6 Å². The Hall–Kier alpha value is -1.96. The van der Waals surface area contributed by atoms with Crippen LogP contribution in [0.25, 0.3) is 0 Å². The molecule has 2 aromatic rings. The Bertz CT molecular complexity index is 734. The Morgan fingerprint density at radius 1 is 1.04 bits per heavy atom. The molecule has 25 heavy (non-hydrogen) atoms. The van der Waals surface area contributed by atoms with Crippen molar-refractivity contribution in [1.29, 1.82) is 0 Å². The van der Waals surface area contributed by atoms with E-state index in [0.29, 0.717) is 6.79 Å². The molecule has 0 saturated carbocycles. The largest absolute Gasteiger partial charge is 0.454 e. The van der Waals surface area contributed by atoms with Crippen molar-refractivity contribution < 1.29 is 9.47 Å². The van der Waals surface area contributed by atoms with Crippen molar-refractivity contribution in [2.75, 3.05) is 20.4 Å². The predicted molar refractivity (Wildman–Crippen MR) is 111 cm³/mol. The van der Waals surface area contributed by atoms with E-state index in [1.165, 1.54) is 16.7 Å². The summed E-state index contributed by atoms with van der Waals surface area (Å²) in [5.41, 5.74) is 3.72. The summed E-state index contributed by atoms with van der Waals surface area (Å²) in [6.45, 7) is 3.97. The molecule has 0 fully saturated rings. The zero-order chi connectivity index (χ0) is 16.8. The van der Waals surface area contributed by atoms with Gasteiger partial charge in [-0.05, 0) is 36.6 Å². The van der Waals surface area contributed by atoms with Crippen LogP contribution in [0.1, 0.15) is 16.7 Å². The number of fused-ring (bicyclic) bond motifs is 1. The lowest BCUT2D eigenvalue weighted by Crippen LogP contribution is -2.37. The molecule has 0 saturated heterocycles. The molecule has 2 N–H and O–H groups in total. The second-order valence-electron chi connectivity index (χ2n) is 5.78. The number of aryl methyl sites for hydroxylation is 1. The van der Waals surface area contributed by atoms with Crippen LogP contribution in [0, 0.1) is 6.92 Å². The number of nitrogens with one attached hydrogen (secondary N) is 2. The van der Waals surface area contributed by atoms with Crippen LogP contribution in [-0.4, -0.2) is 26.3 Å². The van der Waals surface area contributed by atoms with Gasteiger partial charge >= 0.3 is 0 Å². The smallest absolute Gasteiger partial charge is 0.231 e. The maximum Gasteiger partial charge on any atom is 0.231 e. The van der Waals surface area contributed by atoms with Crippen LogP contribution in [0.3, 0.4) is 0 Å². The molecule has 0 amide bonds. The quantitative estimate of drug-likeness (QED) is 0.415. The SMILES string of the molecule is CN=C(NCCc1ccc2c(c1)OCO2)NCc1cccc(C)c1.I. The molecule has 0 unspecified atom stereocenters. The topological polar surface area (TPSA) is 54.9 Å². The highest BCUT2D eigenvalue weighted by Gasteiger charge is 2.12. The van der Waals surface area contributed by atoms with Crippen molar-refractivity contribution in [2.45, 2.75) is 19.9 Å². The summed E-state index contributed by atoms with van der Waals surface area (Å²) in [6.07, 6.45) is 0.891. The molecule has 6 heteroatoms. The van der Waals surface area contributed by atoms with Crippen molar-refractivity contribution in [3.8, 4) is 11.5 Å². The van der Waals surface area contributed by atoms with Gasteiger partial charge in [0.25, 0.3) is 0 Å². The fourth-order valence-electron chi connectivity index (χ4n) is 2.65. The fraction of sp³-hybridized carbons (Fsp3) is 0.316. The molecule has 0 bridgehead atoms. The molecule has 0 aromatic heterocycles. The molecule has 0 aliphatic carbocycles. The third-order valence-corrected chi connectivity index (χ3v) is 3.91. The van der Waals surface area contributed by atoms with Gasteiger partial charge in [-0.15, -0.1) is 24.0 Å². The van der Waals surface area contributed by atoms with E-state index in [-0.39, 0.29) is 24.0 Å². The minimum Gasteiger partial charge on any atom is -0.454 e. The monoisotopic (exact) mass is 453 g/mol. The summed E-state index contributed by atoms with van der Waals surface area (Å²) in [4.78, 5) is 4.26. The van der Waals surface area contributed by atoms with Gasteiger partial charge in [0.1, 0.15) is 0 Å². The van der Waals surface area contributed by atoms with Gasteiger partial charge in [-0.2, -0.15) is 0 Å². The first-order valence-corrected chi connectivity index (χ1v) is 8.13. The molecule has 5 nitrogen and oxygen atoms in total. The minimum atomic E-state index is 0. The molecule has 1 heterocycles. The third kappa shape index (κ3) is 5.52. The Labute approximate surface area is 165 Å². The number of rotatable bonds is 5. The van der Waals surface area contributed by atoms with Crippen LogP contribution in [0.5, 0.6) is 11.5 Å². The maximum atomic E-state index is 5.41. The molecular formula is C19H24IN3O2. The molecule has 0 radical (unpaired) electrons. The number of aliphatic imine (C=N–C) groups is 1. The predicted octanol–water partition coefficient (Wildman–Crippen LogP) is 3.25. The summed E-state index contributed by atoms with van der Waals surface area (Å²) in [5, 5.41) is 6.67. The van der Waals surface area contributed by atoms with E-state index in [1.807, 2.05) is 12.1 Å². The van der Waals surface area contributed by atoms with Crippen LogP contribution < -0.4 is 20.1 Å². The number of ether oxygens (including phenoxy) is 2. The lowest BCUT2D eigenvalue weighted by atomic mass is 10.1. The number of hydrogen-bond donors (Lipinski definition) is 2. The summed E-state index contributed by atoms with van der Waals surface area (Å²) >= 11 is 0.